The Labute approximate surface area is 215 Å². The third-order valence-corrected chi connectivity index (χ3v) is 10.6. The molecule has 0 aromatic heterocycles. The number of ketones is 1. The van der Waals surface area contributed by atoms with Crippen molar-refractivity contribution in [1.82, 2.24) is 0 Å². The van der Waals surface area contributed by atoms with Crippen LogP contribution in [0.2, 0.25) is 0 Å². The fraction of sp³-hybridized carbons (Fsp3) is 0.333. The Hall–Kier alpha value is -1.84. The molecule has 2 bridgehead atoms. The topological polar surface area (TPSA) is 80.8 Å². The van der Waals surface area contributed by atoms with E-state index in [1.807, 2.05) is 0 Å². The lowest BCUT2D eigenvalue weighted by molar-refractivity contribution is -0.123. The maximum absolute atomic E-state index is 13.1. The van der Waals surface area contributed by atoms with Crippen molar-refractivity contribution < 1.29 is 23.9 Å². The zero-order valence-corrected chi connectivity index (χ0v) is 21.9. The van der Waals surface area contributed by atoms with Crippen LogP contribution in [0.1, 0.15) is 27.1 Å². The van der Waals surface area contributed by atoms with Crippen LogP contribution in [0.3, 0.4) is 0 Å². The molecule has 3 fully saturated rings. The largest absolute Gasteiger partial charge is 0.454 e. The number of anilines is 1. The average molecular weight is 640 g/mol. The third kappa shape index (κ3) is 3.82. The molecule has 1 heterocycles. The normalized spacial score (nSPS) is 30.0. The number of ether oxygens (including phenoxy) is 1. The quantitative estimate of drug-likeness (QED) is 0.204. The van der Waals surface area contributed by atoms with Crippen LogP contribution < -0.4 is 4.90 Å². The van der Waals surface area contributed by atoms with Crippen molar-refractivity contribution in [3.05, 3.63) is 64.1 Å². The van der Waals surface area contributed by atoms with E-state index in [0.717, 1.165) is 10.9 Å². The molecule has 0 spiro atoms. The summed E-state index contributed by atoms with van der Waals surface area (Å²) in [4.78, 5) is 52.5. The second-order valence-corrected chi connectivity index (χ2v) is 11.6. The third-order valence-electron chi connectivity index (χ3n) is 6.85. The number of amides is 2. The van der Waals surface area contributed by atoms with E-state index < -0.39 is 5.97 Å². The number of alkyl halides is 2. The zero-order chi connectivity index (χ0) is 23.4. The molecule has 33 heavy (non-hydrogen) atoms. The Kier molecular flexibility index (Phi) is 6.07. The van der Waals surface area contributed by atoms with Gasteiger partial charge in [0.1, 0.15) is 0 Å². The highest BCUT2D eigenvalue weighted by molar-refractivity contribution is 9.12. The standard InChI is InChI=1S/C24H18Br3NO5/c25-13-5-1-11(2-6-13)17(29)10-33-24(32)12-3-7-14(8-4-12)28-22(30)18-15-9-16(19(18)23(28)31)21(27)20(15)26/h1-8,15-16,18-21H,9-10H2/t15-,16+,18-,19+,20-,21+. The highest BCUT2D eigenvalue weighted by Crippen LogP contribution is 2.60. The van der Waals surface area contributed by atoms with Crippen LogP contribution in [0.5, 0.6) is 0 Å². The Balaban J connectivity index is 1.26. The van der Waals surface area contributed by atoms with Crippen LogP contribution in [-0.4, -0.2) is 39.8 Å². The summed E-state index contributed by atoms with van der Waals surface area (Å²) < 4.78 is 5.99. The fourth-order valence-electron chi connectivity index (χ4n) is 5.28. The highest BCUT2D eigenvalue weighted by atomic mass is 79.9. The Bertz CT molecular complexity index is 1120. The van der Waals surface area contributed by atoms with Gasteiger partial charge in [0.05, 0.1) is 23.1 Å². The molecular formula is C24H18Br3NO5. The lowest BCUT2D eigenvalue weighted by Crippen LogP contribution is -2.37. The number of fused-ring (bicyclic) bond motifs is 5. The molecule has 1 saturated heterocycles. The fourth-order valence-corrected chi connectivity index (χ4v) is 7.42. The van der Waals surface area contributed by atoms with Gasteiger partial charge in [0.15, 0.2) is 12.4 Å². The summed E-state index contributed by atoms with van der Waals surface area (Å²) >= 11 is 10.7. The van der Waals surface area contributed by atoms with E-state index in [1.165, 1.54) is 17.0 Å². The predicted molar refractivity (Wildman–Crippen MR) is 132 cm³/mol. The number of hydrogen-bond acceptors (Lipinski definition) is 5. The maximum atomic E-state index is 13.1. The number of carbonyl (C=O) groups is 4. The van der Waals surface area contributed by atoms with E-state index in [-0.39, 0.29) is 63.1 Å². The minimum Gasteiger partial charge on any atom is -0.454 e. The molecule has 170 valence electrons. The number of esters is 1. The van der Waals surface area contributed by atoms with Gasteiger partial charge in [-0.25, -0.2) is 4.79 Å². The number of nitrogens with zero attached hydrogens (tertiary/aromatic N) is 1. The molecular weight excluding hydrogens is 622 g/mol. The van der Waals surface area contributed by atoms with E-state index in [1.54, 1.807) is 36.4 Å². The Morgan fingerprint density at radius 3 is 1.91 bits per heavy atom. The molecule has 3 aliphatic rings. The molecule has 2 aliphatic carbocycles. The Morgan fingerprint density at radius 2 is 1.36 bits per heavy atom. The summed E-state index contributed by atoms with van der Waals surface area (Å²) in [7, 11) is 0. The van der Waals surface area contributed by atoms with E-state index in [4.69, 9.17) is 4.74 Å². The van der Waals surface area contributed by atoms with Crippen LogP contribution in [-0.2, 0) is 14.3 Å². The van der Waals surface area contributed by atoms with E-state index in [0.29, 0.717) is 11.3 Å². The first-order valence-electron chi connectivity index (χ1n) is 10.5. The van der Waals surface area contributed by atoms with Crippen LogP contribution >= 0.6 is 47.8 Å². The van der Waals surface area contributed by atoms with Crippen molar-refractivity contribution in [2.45, 2.75) is 16.1 Å². The lowest BCUT2D eigenvalue weighted by Gasteiger charge is -2.28. The molecule has 2 amide bonds. The minimum atomic E-state index is -0.648. The minimum absolute atomic E-state index is 0.142. The van der Waals surface area contributed by atoms with Crippen molar-refractivity contribution in [2.75, 3.05) is 11.5 Å². The van der Waals surface area contributed by atoms with E-state index in [2.05, 4.69) is 47.8 Å². The van der Waals surface area contributed by atoms with Crippen molar-refractivity contribution in [2.24, 2.45) is 23.7 Å². The molecule has 2 aromatic rings. The molecule has 5 rings (SSSR count). The lowest BCUT2D eigenvalue weighted by atomic mass is 9.81. The van der Waals surface area contributed by atoms with Gasteiger partial charge in [0.2, 0.25) is 11.8 Å². The van der Waals surface area contributed by atoms with Crippen molar-refractivity contribution in [3.8, 4) is 0 Å². The second-order valence-electron chi connectivity index (χ2n) is 8.57. The number of Topliss-reactive ketones (excluding diaryl/α,β-unsaturated/α-hetero) is 1. The van der Waals surface area contributed by atoms with Crippen LogP contribution in [0.25, 0.3) is 0 Å². The van der Waals surface area contributed by atoms with E-state index >= 15 is 0 Å². The van der Waals surface area contributed by atoms with Gasteiger partial charge in [-0.1, -0.05) is 59.9 Å². The summed E-state index contributed by atoms with van der Waals surface area (Å²) in [6.45, 7) is -0.376. The predicted octanol–water partition coefficient (Wildman–Crippen LogP) is 4.77. The van der Waals surface area contributed by atoms with Gasteiger partial charge in [-0.15, -0.1) is 0 Å². The van der Waals surface area contributed by atoms with Gasteiger partial charge >= 0.3 is 5.97 Å². The van der Waals surface area contributed by atoms with Crippen molar-refractivity contribution >= 4 is 77.0 Å². The number of rotatable bonds is 5. The number of carbonyl (C=O) groups excluding carboxylic acids is 4. The van der Waals surface area contributed by atoms with Crippen molar-refractivity contribution in [1.29, 1.82) is 0 Å². The number of imide groups is 1. The SMILES string of the molecule is O=C(COC(=O)c1ccc(N2C(=O)[C@@H]3[C@H]4C[C@H]([C@H](Br)[C@@H]4Br)[C@@H]3C2=O)cc1)c1ccc(Br)cc1. The first kappa shape index (κ1) is 22.9. The molecule has 6 nitrogen and oxygen atoms in total. The average Bonchev–Trinajstić information content (AvgIpc) is 3.42. The van der Waals surface area contributed by atoms with Gasteiger partial charge < -0.3 is 4.74 Å². The molecule has 9 heteroatoms. The zero-order valence-electron chi connectivity index (χ0n) is 17.1. The molecule has 0 radical (unpaired) electrons. The van der Waals surface area contributed by atoms with Gasteiger partial charge in [0.25, 0.3) is 0 Å². The summed E-state index contributed by atoms with van der Waals surface area (Å²) in [6.07, 6.45) is 0.871. The molecule has 2 saturated carbocycles. The van der Waals surface area contributed by atoms with Gasteiger partial charge in [-0.05, 0) is 54.7 Å². The number of benzene rings is 2. The summed E-state index contributed by atoms with van der Waals surface area (Å²) in [5, 5.41) is 0. The second kappa shape index (κ2) is 8.74. The number of halogens is 3. The van der Waals surface area contributed by atoms with Crippen LogP contribution in [0.15, 0.2) is 53.0 Å². The van der Waals surface area contributed by atoms with Crippen LogP contribution in [0, 0.1) is 23.7 Å². The summed E-state index contributed by atoms with van der Waals surface area (Å²) in [5.74, 6) is -1.60. The highest BCUT2D eigenvalue weighted by Gasteiger charge is 2.66. The number of hydrogen-bond donors (Lipinski definition) is 0. The van der Waals surface area contributed by atoms with Gasteiger partial charge in [0, 0.05) is 19.7 Å². The van der Waals surface area contributed by atoms with Gasteiger partial charge in [-0.2, -0.15) is 0 Å². The Morgan fingerprint density at radius 1 is 0.848 bits per heavy atom. The smallest absolute Gasteiger partial charge is 0.338 e. The molecule has 6 atom stereocenters. The first-order chi connectivity index (χ1) is 15.8. The van der Waals surface area contributed by atoms with Crippen molar-refractivity contribution in [3.63, 3.8) is 0 Å². The van der Waals surface area contributed by atoms with E-state index in [9.17, 15) is 19.2 Å². The summed E-state index contributed by atoms with van der Waals surface area (Å²) in [5.41, 5.74) is 1.13. The summed E-state index contributed by atoms with van der Waals surface area (Å²) in [6, 6.07) is 12.9. The molecule has 0 unspecified atom stereocenters. The first-order valence-corrected chi connectivity index (χ1v) is 13.1. The monoisotopic (exact) mass is 637 g/mol. The molecule has 0 N–H and O–H groups in total. The molecule has 2 aromatic carbocycles. The molecule has 1 aliphatic heterocycles. The van der Waals surface area contributed by atoms with Crippen LogP contribution in [0.4, 0.5) is 5.69 Å². The maximum Gasteiger partial charge on any atom is 0.338 e. The van der Waals surface area contributed by atoms with Gasteiger partial charge in [-0.3, -0.25) is 19.3 Å².